The lowest BCUT2D eigenvalue weighted by atomic mass is 9.94. The van der Waals surface area contributed by atoms with Crippen LogP contribution in [0.3, 0.4) is 0 Å². The molecule has 4 aromatic rings. The third-order valence-electron chi connectivity index (χ3n) is 8.64. The number of hydrogen-bond acceptors (Lipinski definition) is 7. The Labute approximate surface area is 286 Å². The smallest absolute Gasteiger partial charge is 0.416 e. The SMILES string of the molecule is CCOc1cc(C(F)(F)F)ccc1C1(C(=O)N2CCN(c3ccc(C#N)cn3)CC2)NC(c2ccc(Cl)cc2)C(c2ccc(Cl)cc2)N1. The van der Waals surface area contributed by atoms with Crippen molar-refractivity contribution in [2.24, 2.45) is 0 Å². The molecule has 0 spiro atoms. The van der Waals surface area contributed by atoms with E-state index in [1.54, 1.807) is 48.2 Å². The molecule has 248 valence electrons. The van der Waals surface area contributed by atoms with Crippen LogP contribution in [0.1, 0.15) is 46.8 Å². The Bertz CT molecular complexity index is 1750. The summed E-state index contributed by atoms with van der Waals surface area (Å²) in [6.07, 6.45) is -3.12. The highest BCUT2D eigenvalue weighted by atomic mass is 35.5. The highest BCUT2D eigenvalue weighted by Crippen LogP contribution is 2.46. The molecule has 0 aliphatic carbocycles. The van der Waals surface area contributed by atoms with Crippen LogP contribution in [0, 0.1) is 11.3 Å². The van der Waals surface area contributed by atoms with Crippen LogP contribution in [0.25, 0.3) is 0 Å². The first-order chi connectivity index (χ1) is 23.0. The van der Waals surface area contributed by atoms with E-state index in [0.717, 1.165) is 23.3 Å². The van der Waals surface area contributed by atoms with Gasteiger partial charge in [-0.25, -0.2) is 4.98 Å². The normalized spacial score (nSPS) is 21.2. The summed E-state index contributed by atoms with van der Waals surface area (Å²) in [5.41, 5.74) is -0.291. The van der Waals surface area contributed by atoms with E-state index in [9.17, 15) is 18.0 Å². The largest absolute Gasteiger partial charge is 0.493 e. The molecule has 8 nitrogen and oxygen atoms in total. The number of carbonyl (C=O) groups excluding carboxylic acids is 1. The molecule has 1 amide bonds. The van der Waals surface area contributed by atoms with Gasteiger partial charge < -0.3 is 14.5 Å². The molecule has 0 bridgehead atoms. The fourth-order valence-electron chi connectivity index (χ4n) is 6.26. The molecule has 2 N–H and O–H groups in total. The maximum Gasteiger partial charge on any atom is 0.416 e. The second-order valence-corrected chi connectivity index (χ2v) is 12.4. The minimum atomic E-state index is -4.62. The number of benzene rings is 3. The van der Waals surface area contributed by atoms with E-state index in [2.05, 4.69) is 21.7 Å². The van der Waals surface area contributed by atoms with Gasteiger partial charge in [0.15, 0.2) is 5.66 Å². The van der Waals surface area contributed by atoms with Crippen LogP contribution >= 0.6 is 23.2 Å². The zero-order chi connectivity index (χ0) is 34.1. The van der Waals surface area contributed by atoms with E-state index in [1.807, 2.05) is 29.2 Å². The summed E-state index contributed by atoms with van der Waals surface area (Å²) in [6.45, 7) is 3.29. The molecular formula is C35H31Cl2F3N6O2. The van der Waals surface area contributed by atoms with E-state index in [1.165, 1.54) is 12.3 Å². The summed E-state index contributed by atoms with van der Waals surface area (Å²) in [5, 5.41) is 17.3. The van der Waals surface area contributed by atoms with E-state index in [-0.39, 0.29) is 23.8 Å². The van der Waals surface area contributed by atoms with E-state index in [0.29, 0.717) is 47.6 Å². The van der Waals surface area contributed by atoms with Gasteiger partial charge in [0.2, 0.25) is 0 Å². The Balaban J connectivity index is 1.43. The van der Waals surface area contributed by atoms with Gasteiger partial charge in [0.1, 0.15) is 17.6 Å². The Hall–Kier alpha value is -4.34. The lowest BCUT2D eigenvalue weighted by molar-refractivity contribution is -0.140. The van der Waals surface area contributed by atoms with Crippen molar-refractivity contribution in [1.82, 2.24) is 20.5 Å². The van der Waals surface area contributed by atoms with Crippen molar-refractivity contribution in [3.8, 4) is 11.8 Å². The van der Waals surface area contributed by atoms with Crippen LogP contribution in [0.4, 0.5) is 19.0 Å². The lowest BCUT2D eigenvalue weighted by Crippen LogP contribution is -2.62. The third-order valence-corrected chi connectivity index (χ3v) is 9.14. The lowest BCUT2D eigenvalue weighted by Gasteiger charge is -2.41. The first kappa shape index (κ1) is 33.6. The standard InChI is InChI=1S/C35H31Cl2F3N6O2/c1-2-48-29-19-25(35(38,39)40)8-13-28(29)34(33(47)46-17-15-45(16-18-46)30-14-3-22(20-41)21-42-30)43-31(23-4-9-26(36)10-5-23)32(44-34)24-6-11-27(37)12-7-24/h3-14,19,21,31-32,43-44H,2,15-18H2,1H3. The number of halogens is 5. The predicted octanol–water partition coefficient (Wildman–Crippen LogP) is 6.85. The fourth-order valence-corrected chi connectivity index (χ4v) is 6.51. The quantitative estimate of drug-likeness (QED) is 0.219. The molecule has 0 radical (unpaired) electrons. The average Bonchev–Trinajstić information content (AvgIpc) is 3.50. The maximum absolute atomic E-state index is 15.0. The van der Waals surface area contributed by atoms with E-state index >= 15 is 0 Å². The monoisotopic (exact) mass is 694 g/mol. The van der Waals surface area contributed by atoms with Gasteiger partial charge in [-0.15, -0.1) is 0 Å². The van der Waals surface area contributed by atoms with E-state index < -0.39 is 29.5 Å². The van der Waals surface area contributed by atoms with Crippen molar-refractivity contribution < 1.29 is 22.7 Å². The maximum atomic E-state index is 15.0. The number of nitrogens with zero attached hydrogens (tertiary/aromatic N) is 4. The topological polar surface area (TPSA) is 93.5 Å². The van der Waals surface area contributed by atoms with Gasteiger partial charge >= 0.3 is 6.18 Å². The second kappa shape index (κ2) is 13.6. The minimum absolute atomic E-state index is 0.0623. The number of aromatic nitrogens is 1. The number of nitriles is 1. The Morgan fingerprint density at radius 2 is 1.52 bits per heavy atom. The number of hydrogen-bond donors (Lipinski definition) is 2. The molecule has 2 fully saturated rings. The Morgan fingerprint density at radius 3 is 2.00 bits per heavy atom. The number of anilines is 1. The summed E-state index contributed by atoms with van der Waals surface area (Å²) >= 11 is 12.5. The molecule has 3 heterocycles. The number of pyridine rings is 1. The highest BCUT2D eigenvalue weighted by molar-refractivity contribution is 6.30. The van der Waals surface area contributed by atoms with Gasteiger partial charge in [0.05, 0.1) is 29.8 Å². The van der Waals surface area contributed by atoms with Crippen LogP contribution < -0.4 is 20.3 Å². The van der Waals surface area contributed by atoms with Crippen molar-refractivity contribution in [3.05, 3.63) is 123 Å². The zero-order valence-corrected chi connectivity index (χ0v) is 27.3. The van der Waals surface area contributed by atoms with Gasteiger partial charge in [0.25, 0.3) is 5.91 Å². The number of amides is 1. The minimum Gasteiger partial charge on any atom is -0.493 e. The van der Waals surface area contributed by atoms with Gasteiger partial charge in [-0.05, 0) is 66.6 Å². The number of piperazine rings is 1. The van der Waals surface area contributed by atoms with Gasteiger partial charge in [-0.3, -0.25) is 15.4 Å². The van der Waals surface area contributed by atoms with E-state index in [4.69, 9.17) is 33.2 Å². The molecule has 2 atom stereocenters. The number of carbonyl (C=O) groups is 1. The van der Waals surface area contributed by atoms with Gasteiger partial charge in [0, 0.05) is 48.0 Å². The highest BCUT2D eigenvalue weighted by Gasteiger charge is 2.55. The molecular weight excluding hydrogens is 664 g/mol. The average molecular weight is 696 g/mol. The Kier molecular flexibility index (Phi) is 9.54. The molecule has 6 rings (SSSR count). The van der Waals surface area contributed by atoms with Gasteiger partial charge in [-0.1, -0.05) is 53.5 Å². The molecule has 2 unspecified atom stereocenters. The molecule has 2 saturated heterocycles. The first-order valence-corrected chi connectivity index (χ1v) is 16.1. The predicted molar refractivity (Wildman–Crippen MR) is 177 cm³/mol. The number of alkyl halides is 3. The zero-order valence-electron chi connectivity index (χ0n) is 25.8. The van der Waals surface area contributed by atoms with Crippen LogP contribution in [-0.4, -0.2) is 48.6 Å². The number of ether oxygens (including phenoxy) is 1. The summed E-state index contributed by atoms with van der Waals surface area (Å²) in [4.78, 5) is 23.1. The van der Waals surface area contributed by atoms with Crippen LogP contribution in [0.15, 0.2) is 85.1 Å². The summed E-state index contributed by atoms with van der Waals surface area (Å²) in [7, 11) is 0. The molecule has 0 saturated carbocycles. The summed E-state index contributed by atoms with van der Waals surface area (Å²) in [6, 6.07) is 22.1. The third kappa shape index (κ3) is 6.66. The molecule has 1 aromatic heterocycles. The van der Waals surface area contributed by atoms with Crippen molar-refractivity contribution in [2.45, 2.75) is 30.8 Å². The van der Waals surface area contributed by atoms with Crippen molar-refractivity contribution in [1.29, 1.82) is 5.26 Å². The van der Waals surface area contributed by atoms with Gasteiger partial charge in [-0.2, -0.15) is 18.4 Å². The van der Waals surface area contributed by atoms with Crippen LogP contribution in [-0.2, 0) is 16.6 Å². The molecule has 2 aliphatic rings. The second-order valence-electron chi connectivity index (χ2n) is 11.5. The number of rotatable bonds is 7. The summed E-state index contributed by atoms with van der Waals surface area (Å²) in [5.74, 6) is 0.249. The van der Waals surface area contributed by atoms with Crippen molar-refractivity contribution in [3.63, 3.8) is 0 Å². The molecule has 48 heavy (non-hydrogen) atoms. The molecule has 3 aromatic carbocycles. The first-order valence-electron chi connectivity index (χ1n) is 15.3. The Morgan fingerprint density at radius 1 is 0.938 bits per heavy atom. The molecule has 2 aliphatic heterocycles. The number of nitrogens with one attached hydrogen (secondary N) is 2. The van der Waals surface area contributed by atoms with Crippen molar-refractivity contribution >= 4 is 34.9 Å². The fraction of sp³-hybridized carbons (Fsp3) is 0.286. The van der Waals surface area contributed by atoms with Crippen LogP contribution in [0.5, 0.6) is 5.75 Å². The summed E-state index contributed by atoms with van der Waals surface area (Å²) < 4.78 is 47.5. The van der Waals surface area contributed by atoms with Crippen molar-refractivity contribution in [2.75, 3.05) is 37.7 Å². The van der Waals surface area contributed by atoms with Crippen LogP contribution in [0.2, 0.25) is 10.0 Å². The molecule has 13 heteroatoms.